The number of pyridine rings is 1. The maximum atomic E-state index is 9.86. The summed E-state index contributed by atoms with van der Waals surface area (Å²) < 4.78 is 1.90. The number of aromatic nitrogens is 2. The number of fused-ring (bicyclic) bond motifs is 3. The first-order chi connectivity index (χ1) is 7.27. The summed E-state index contributed by atoms with van der Waals surface area (Å²) in [5.74, 6) is 0.291. The van der Waals surface area contributed by atoms with Crippen LogP contribution in [0.15, 0.2) is 36.7 Å². The number of hydrogen-bond acceptors (Lipinski definition) is 2. The van der Waals surface area contributed by atoms with Crippen LogP contribution in [-0.2, 0) is 0 Å². The van der Waals surface area contributed by atoms with Gasteiger partial charge in [0.2, 0.25) is 0 Å². The van der Waals surface area contributed by atoms with Crippen molar-refractivity contribution in [1.82, 2.24) is 9.38 Å². The number of aryl methyl sites for hydroxylation is 1. The molecule has 1 N–H and O–H groups in total. The van der Waals surface area contributed by atoms with Crippen LogP contribution in [0, 0.1) is 6.92 Å². The van der Waals surface area contributed by atoms with Gasteiger partial charge in [-0.15, -0.1) is 0 Å². The van der Waals surface area contributed by atoms with E-state index in [0.29, 0.717) is 5.75 Å². The van der Waals surface area contributed by atoms with Crippen LogP contribution in [-0.4, -0.2) is 14.5 Å². The van der Waals surface area contributed by atoms with E-state index in [1.54, 1.807) is 12.3 Å². The quantitative estimate of drug-likeness (QED) is 0.602. The molecular formula is C12H10N2O. The molecule has 0 bridgehead atoms. The second-order valence-corrected chi connectivity index (χ2v) is 3.66. The van der Waals surface area contributed by atoms with Crippen LogP contribution in [0.4, 0.5) is 0 Å². The van der Waals surface area contributed by atoms with Crippen LogP contribution in [0.1, 0.15) is 5.56 Å². The summed E-state index contributed by atoms with van der Waals surface area (Å²) in [5.41, 5.74) is 2.81. The zero-order chi connectivity index (χ0) is 10.4. The molecule has 74 valence electrons. The number of aromatic hydroxyl groups is 1. The highest BCUT2D eigenvalue weighted by atomic mass is 16.3. The molecule has 3 aromatic rings. The van der Waals surface area contributed by atoms with Crippen molar-refractivity contribution in [2.75, 3.05) is 0 Å². The summed E-state index contributed by atoms with van der Waals surface area (Å²) in [6.07, 6.45) is 3.59. The van der Waals surface area contributed by atoms with Crippen LogP contribution in [0.5, 0.6) is 5.75 Å². The molecule has 0 saturated heterocycles. The number of para-hydroxylation sites is 1. The SMILES string of the molecule is Cc1cc2nccn2c2c(O)cccc12. The number of nitrogens with zero attached hydrogens (tertiary/aromatic N) is 2. The zero-order valence-electron chi connectivity index (χ0n) is 8.31. The van der Waals surface area contributed by atoms with Gasteiger partial charge in [0.25, 0.3) is 0 Å². The molecular weight excluding hydrogens is 188 g/mol. The molecule has 0 spiro atoms. The molecule has 0 fully saturated rings. The Bertz CT molecular complexity index is 655. The zero-order valence-corrected chi connectivity index (χ0v) is 8.31. The Morgan fingerprint density at radius 1 is 1.33 bits per heavy atom. The van der Waals surface area contributed by atoms with Gasteiger partial charge in [0.05, 0.1) is 5.52 Å². The normalized spacial score (nSPS) is 11.3. The van der Waals surface area contributed by atoms with Crippen molar-refractivity contribution in [2.24, 2.45) is 0 Å². The van der Waals surface area contributed by atoms with Crippen LogP contribution < -0.4 is 0 Å². The van der Waals surface area contributed by atoms with Gasteiger partial charge >= 0.3 is 0 Å². The Morgan fingerprint density at radius 2 is 2.20 bits per heavy atom. The van der Waals surface area contributed by atoms with Crippen LogP contribution in [0.2, 0.25) is 0 Å². The van der Waals surface area contributed by atoms with E-state index >= 15 is 0 Å². The molecule has 0 unspecified atom stereocenters. The third-order valence-electron chi connectivity index (χ3n) is 2.70. The Labute approximate surface area is 86.6 Å². The molecule has 0 aliphatic heterocycles. The summed E-state index contributed by atoms with van der Waals surface area (Å²) in [7, 11) is 0. The lowest BCUT2D eigenvalue weighted by molar-refractivity contribution is 0.480. The minimum Gasteiger partial charge on any atom is -0.506 e. The summed E-state index contributed by atoms with van der Waals surface area (Å²) in [6.45, 7) is 2.02. The first kappa shape index (κ1) is 8.29. The highest BCUT2D eigenvalue weighted by molar-refractivity contribution is 5.89. The molecule has 0 radical (unpaired) electrons. The second kappa shape index (κ2) is 2.73. The minimum absolute atomic E-state index is 0.291. The number of hydrogen-bond donors (Lipinski definition) is 1. The van der Waals surface area contributed by atoms with Crippen LogP contribution in [0.25, 0.3) is 16.6 Å². The van der Waals surface area contributed by atoms with E-state index in [1.807, 2.05) is 35.7 Å². The van der Waals surface area contributed by atoms with Crippen LogP contribution >= 0.6 is 0 Å². The summed E-state index contributed by atoms with van der Waals surface area (Å²) in [6, 6.07) is 7.57. The molecule has 2 aromatic heterocycles. The van der Waals surface area contributed by atoms with Crippen molar-refractivity contribution < 1.29 is 5.11 Å². The lowest BCUT2D eigenvalue weighted by Crippen LogP contribution is -1.90. The van der Waals surface area contributed by atoms with Crippen LogP contribution in [0.3, 0.4) is 0 Å². The van der Waals surface area contributed by atoms with E-state index in [1.165, 1.54) is 0 Å². The van der Waals surface area contributed by atoms with Gasteiger partial charge in [-0.25, -0.2) is 4.98 Å². The smallest absolute Gasteiger partial charge is 0.140 e. The predicted molar refractivity (Wildman–Crippen MR) is 59.1 cm³/mol. The third kappa shape index (κ3) is 1.03. The highest BCUT2D eigenvalue weighted by Crippen LogP contribution is 2.27. The van der Waals surface area contributed by atoms with E-state index in [0.717, 1.165) is 22.1 Å². The number of phenols is 1. The highest BCUT2D eigenvalue weighted by Gasteiger charge is 2.07. The molecule has 3 heteroatoms. The summed E-state index contributed by atoms with van der Waals surface area (Å²) in [5, 5.41) is 10.9. The van der Waals surface area contributed by atoms with Gasteiger partial charge in [-0.05, 0) is 24.6 Å². The van der Waals surface area contributed by atoms with Gasteiger partial charge in [0, 0.05) is 17.8 Å². The lowest BCUT2D eigenvalue weighted by atomic mass is 10.1. The van der Waals surface area contributed by atoms with Crippen molar-refractivity contribution in [1.29, 1.82) is 0 Å². The Morgan fingerprint density at radius 3 is 3.07 bits per heavy atom. The standard InChI is InChI=1S/C12H10N2O/c1-8-7-11-13-5-6-14(11)12-9(8)3-2-4-10(12)15/h2-7,15H,1H3. The number of rotatable bonds is 0. The fraction of sp³-hybridized carbons (Fsp3) is 0.0833. The molecule has 0 aliphatic carbocycles. The Hall–Kier alpha value is -2.03. The fourth-order valence-corrected chi connectivity index (χ4v) is 1.98. The van der Waals surface area contributed by atoms with Gasteiger partial charge in [-0.3, -0.25) is 4.40 Å². The minimum atomic E-state index is 0.291. The molecule has 15 heavy (non-hydrogen) atoms. The van der Waals surface area contributed by atoms with E-state index in [4.69, 9.17) is 0 Å². The van der Waals surface area contributed by atoms with Gasteiger partial charge in [-0.2, -0.15) is 0 Å². The first-order valence-electron chi connectivity index (χ1n) is 4.82. The molecule has 0 aliphatic rings. The third-order valence-corrected chi connectivity index (χ3v) is 2.70. The molecule has 0 atom stereocenters. The van der Waals surface area contributed by atoms with E-state index < -0.39 is 0 Å². The molecule has 0 amide bonds. The molecule has 3 nitrogen and oxygen atoms in total. The number of benzene rings is 1. The number of imidazole rings is 1. The number of phenolic OH excluding ortho intramolecular Hbond substituents is 1. The maximum Gasteiger partial charge on any atom is 0.140 e. The second-order valence-electron chi connectivity index (χ2n) is 3.66. The van der Waals surface area contributed by atoms with E-state index in [2.05, 4.69) is 4.98 Å². The van der Waals surface area contributed by atoms with Crippen molar-refractivity contribution in [3.8, 4) is 5.75 Å². The Kier molecular flexibility index (Phi) is 1.51. The molecule has 3 rings (SSSR count). The van der Waals surface area contributed by atoms with E-state index in [-0.39, 0.29) is 0 Å². The first-order valence-corrected chi connectivity index (χ1v) is 4.82. The van der Waals surface area contributed by atoms with Crippen molar-refractivity contribution >= 4 is 16.6 Å². The Balaban J connectivity index is 2.69. The van der Waals surface area contributed by atoms with Crippen molar-refractivity contribution in [3.63, 3.8) is 0 Å². The van der Waals surface area contributed by atoms with Gasteiger partial charge in [0.15, 0.2) is 0 Å². The average molecular weight is 198 g/mol. The molecule has 1 aromatic carbocycles. The average Bonchev–Trinajstić information content (AvgIpc) is 2.66. The van der Waals surface area contributed by atoms with Gasteiger partial charge in [-0.1, -0.05) is 12.1 Å². The topological polar surface area (TPSA) is 37.5 Å². The summed E-state index contributed by atoms with van der Waals surface area (Å²) >= 11 is 0. The summed E-state index contributed by atoms with van der Waals surface area (Å²) in [4.78, 5) is 4.22. The van der Waals surface area contributed by atoms with Crippen molar-refractivity contribution in [2.45, 2.75) is 6.92 Å². The molecule has 0 saturated carbocycles. The fourth-order valence-electron chi connectivity index (χ4n) is 1.98. The monoisotopic (exact) mass is 198 g/mol. The van der Waals surface area contributed by atoms with E-state index in [9.17, 15) is 5.11 Å². The van der Waals surface area contributed by atoms with Gasteiger partial charge in [0.1, 0.15) is 11.4 Å². The predicted octanol–water partition coefficient (Wildman–Crippen LogP) is 2.50. The largest absolute Gasteiger partial charge is 0.506 e. The molecule has 2 heterocycles. The lowest BCUT2D eigenvalue weighted by Gasteiger charge is -2.06. The van der Waals surface area contributed by atoms with Crippen molar-refractivity contribution in [3.05, 3.63) is 42.2 Å². The van der Waals surface area contributed by atoms with Gasteiger partial charge < -0.3 is 5.11 Å². The maximum absolute atomic E-state index is 9.86.